The second kappa shape index (κ2) is 8.86. The van der Waals surface area contributed by atoms with E-state index in [0.29, 0.717) is 24.2 Å². The predicted molar refractivity (Wildman–Crippen MR) is 114 cm³/mol. The zero-order valence-corrected chi connectivity index (χ0v) is 19.1. The van der Waals surface area contributed by atoms with Crippen LogP contribution in [0.15, 0.2) is 18.2 Å². The molecule has 35 heavy (non-hydrogen) atoms. The molecule has 4 rings (SSSR count). The number of alkyl halides is 6. The van der Waals surface area contributed by atoms with Crippen molar-refractivity contribution >= 4 is 17.7 Å². The summed E-state index contributed by atoms with van der Waals surface area (Å²) in [7, 11) is 0. The van der Waals surface area contributed by atoms with Gasteiger partial charge in [-0.05, 0) is 36.8 Å². The second-order valence-electron chi connectivity index (χ2n) is 9.74. The van der Waals surface area contributed by atoms with Crippen LogP contribution in [0, 0.1) is 11.3 Å². The van der Waals surface area contributed by atoms with Crippen LogP contribution in [0.4, 0.5) is 36.8 Å². The molecule has 3 aliphatic rings. The molecule has 0 aliphatic carbocycles. The number of carboxylic acid groups (broad SMARTS) is 1. The molecular formula is C23H27F6N3O3. The zero-order valence-electron chi connectivity index (χ0n) is 19.1. The molecule has 0 radical (unpaired) electrons. The average molecular weight is 507 g/mol. The first-order valence-electron chi connectivity index (χ1n) is 11.5. The fraction of sp³-hybridized carbons (Fsp3) is 0.652. The van der Waals surface area contributed by atoms with Gasteiger partial charge in [0.1, 0.15) is 0 Å². The average Bonchev–Trinajstić information content (AvgIpc) is 2.75. The first kappa shape index (κ1) is 25.6. The lowest BCUT2D eigenvalue weighted by molar-refractivity contribution is -0.329. The number of likely N-dealkylation sites (tertiary alicyclic amines) is 2. The minimum atomic E-state index is -5.51. The first-order valence-corrected chi connectivity index (χ1v) is 11.5. The van der Waals surface area contributed by atoms with E-state index in [1.807, 2.05) is 6.07 Å². The van der Waals surface area contributed by atoms with E-state index >= 15 is 0 Å². The summed E-state index contributed by atoms with van der Waals surface area (Å²) < 4.78 is 83.3. The number of amides is 2. The lowest BCUT2D eigenvalue weighted by Gasteiger charge is -2.62. The largest absolute Gasteiger partial charge is 0.465 e. The van der Waals surface area contributed by atoms with Gasteiger partial charge >= 0.3 is 18.4 Å². The van der Waals surface area contributed by atoms with Crippen LogP contribution in [0.5, 0.6) is 0 Å². The number of carbonyl (C=O) groups excluding carboxylic acids is 1. The van der Waals surface area contributed by atoms with E-state index in [-0.39, 0.29) is 44.9 Å². The van der Waals surface area contributed by atoms with Gasteiger partial charge in [0.05, 0.1) is 5.69 Å². The van der Waals surface area contributed by atoms with E-state index < -0.39 is 35.8 Å². The number of hydrogen-bond donors (Lipinski definition) is 1. The number of nitrogens with zero attached hydrogens (tertiary/aromatic N) is 3. The van der Waals surface area contributed by atoms with Crippen molar-refractivity contribution in [1.29, 1.82) is 0 Å². The first-order chi connectivity index (χ1) is 16.2. The molecule has 6 nitrogen and oxygen atoms in total. The van der Waals surface area contributed by atoms with Crippen LogP contribution >= 0.6 is 0 Å². The summed E-state index contributed by atoms with van der Waals surface area (Å²) in [5.41, 5.74) is 0.635. The fourth-order valence-corrected chi connectivity index (χ4v) is 6.12. The highest BCUT2D eigenvalue weighted by Crippen LogP contribution is 2.57. The maximum Gasteiger partial charge on any atom is 0.407 e. The number of hydrogen-bond acceptors (Lipinski definition) is 3. The fourth-order valence-electron chi connectivity index (χ4n) is 6.12. The Hall–Kier alpha value is -2.50. The smallest absolute Gasteiger partial charge is 0.407 e. The van der Waals surface area contributed by atoms with Crippen molar-refractivity contribution in [1.82, 2.24) is 9.80 Å². The molecule has 1 aromatic rings. The minimum Gasteiger partial charge on any atom is -0.465 e. The molecule has 3 aliphatic heterocycles. The van der Waals surface area contributed by atoms with Crippen LogP contribution in [-0.2, 0) is 17.8 Å². The third kappa shape index (κ3) is 4.68. The Kier molecular flexibility index (Phi) is 6.48. The van der Waals surface area contributed by atoms with Crippen molar-refractivity contribution in [2.45, 2.75) is 57.5 Å². The standard InChI is InChI=1S/C23H27F6N3O3/c1-14(33)32-9-3-6-15-4-2-5-16(17(15)32)12-31-13-21(7-10-30(11-8-21)20(34)35)19(31)18(22(24,25)26)23(27,28)29/h2,4-5,18-19H,3,6-13H2,1H3,(H,34,35). The van der Waals surface area contributed by atoms with Gasteiger partial charge in [0.2, 0.25) is 5.91 Å². The van der Waals surface area contributed by atoms with Crippen molar-refractivity contribution in [3.63, 3.8) is 0 Å². The molecule has 2 fully saturated rings. The van der Waals surface area contributed by atoms with Crippen LogP contribution in [0.3, 0.4) is 0 Å². The third-order valence-corrected chi connectivity index (χ3v) is 7.64. The Morgan fingerprint density at radius 2 is 1.71 bits per heavy atom. The van der Waals surface area contributed by atoms with E-state index in [1.165, 1.54) is 16.7 Å². The van der Waals surface area contributed by atoms with Gasteiger partial charge in [-0.3, -0.25) is 9.69 Å². The molecular weight excluding hydrogens is 480 g/mol. The number of aryl methyl sites for hydroxylation is 1. The van der Waals surface area contributed by atoms with Gasteiger partial charge in [-0.1, -0.05) is 18.2 Å². The molecule has 0 saturated carbocycles. The summed E-state index contributed by atoms with van der Waals surface area (Å²) in [6.45, 7) is 1.43. The molecule has 1 atom stereocenters. The van der Waals surface area contributed by atoms with Gasteiger partial charge in [-0.2, -0.15) is 26.3 Å². The van der Waals surface area contributed by atoms with E-state index in [9.17, 15) is 41.0 Å². The van der Waals surface area contributed by atoms with E-state index in [1.54, 1.807) is 12.1 Å². The molecule has 0 aromatic heterocycles. The molecule has 2 saturated heterocycles. The van der Waals surface area contributed by atoms with Gasteiger partial charge < -0.3 is 14.9 Å². The summed E-state index contributed by atoms with van der Waals surface area (Å²) >= 11 is 0. The number of benzene rings is 1. The summed E-state index contributed by atoms with van der Waals surface area (Å²) in [5.74, 6) is -3.79. The van der Waals surface area contributed by atoms with Crippen molar-refractivity contribution in [3.8, 4) is 0 Å². The van der Waals surface area contributed by atoms with Gasteiger partial charge in [0, 0.05) is 51.1 Å². The molecule has 1 aromatic carbocycles. The van der Waals surface area contributed by atoms with E-state index in [4.69, 9.17) is 0 Å². The maximum absolute atomic E-state index is 13.9. The predicted octanol–water partition coefficient (Wildman–Crippen LogP) is 4.67. The molecule has 2 amide bonds. The highest BCUT2D eigenvalue weighted by Gasteiger charge is 2.69. The highest BCUT2D eigenvalue weighted by atomic mass is 19.4. The van der Waals surface area contributed by atoms with Crippen molar-refractivity contribution in [2.75, 3.05) is 31.1 Å². The third-order valence-electron chi connectivity index (χ3n) is 7.64. The number of piperidine rings is 1. The Labute approximate surface area is 198 Å². The van der Waals surface area contributed by atoms with Gasteiger partial charge in [-0.15, -0.1) is 0 Å². The second-order valence-corrected chi connectivity index (χ2v) is 9.74. The Balaban J connectivity index is 1.69. The normalized spacial score (nSPS) is 22.8. The lowest BCUT2D eigenvalue weighted by Crippen LogP contribution is -2.73. The Bertz CT molecular complexity index is 974. The SMILES string of the molecule is CC(=O)N1CCCc2cccc(CN3CC4(CCN(C(=O)O)CC4)C3C(C(F)(F)F)C(F)(F)F)c21. The quantitative estimate of drug-likeness (QED) is 0.604. The van der Waals surface area contributed by atoms with Crippen molar-refractivity contribution in [2.24, 2.45) is 11.3 Å². The number of para-hydroxylation sites is 1. The van der Waals surface area contributed by atoms with Crippen LogP contribution in [-0.4, -0.2) is 71.5 Å². The molecule has 0 bridgehead atoms. The van der Waals surface area contributed by atoms with Crippen molar-refractivity contribution in [3.05, 3.63) is 29.3 Å². The number of fused-ring (bicyclic) bond motifs is 1. The lowest BCUT2D eigenvalue weighted by atomic mass is 9.60. The number of rotatable bonds is 3. The van der Waals surface area contributed by atoms with E-state index in [0.717, 1.165) is 16.9 Å². The monoisotopic (exact) mass is 507 g/mol. The Morgan fingerprint density at radius 3 is 2.26 bits per heavy atom. The highest BCUT2D eigenvalue weighted by molar-refractivity contribution is 5.93. The van der Waals surface area contributed by atoms with Gasteiger partial charge in [0.25, 0.3) is 0 Å². The molecule has 1 N–H and O–H groups in total. The van der Waals surface area contributed by atoms with Crippen LogP contribution in [0.25, 0.3) is 0 Å². The number of halogens is 6. The van der Waals surface area contributed by atoms with Crippen LogP contribution in [0.2, 0.25) is 0 Å². The summed E-state index contributed by atoms with van der Waals surface area (Å²) in [6.07, 6.45) is -11.0. The molecule has 1 spiro atoms. The Morgan fingerprint density at radius 1 is 1.09 bits per heavy atom. The summed E-state index contributed by atoms with van der Waals surface area (Å²) in [6, 6.07) is 3.30. The minimum absolute atomic E-state index is 0.00246. The van der Waals surface area contributed by atoms with Gasteiger partial charge in [0.15, 0.2) is 5.92 Å². The van der Waals surface area contributed by atoms with Crippen molar-refractivity contribution < 1.29 is 41.0 Å². The molecule has 3 heterocycles. The summed E-state index contributed by atoms with van der Waals surface area (Å²) in [4.78, 5) is 27.2. The van der Waals surface area contributed by atoms with Gasteiger partial charge in [-0.25, -0.2) is 4.79 Å². The maximum atomic E-state index is 13.9. The molecule has 194 valence electrons. The van der Waals surface area contributed by atoms with E-state index in [2.05, 4.69) is 0 Å². The number of carbonyl (C=O) groups is 2. The van der Waals surface area contributed by atoms with Crippen LogP contribution < -0.4 is 4.90 Å². The van der Waals surface area contributed by atoms with Crippen LogP contribution in [0.1, 0.15) is 37.3 Å². The zero-order chi connectivity index (χ0) is 25.8. The topological polar surface area (TPSA) is 64.1 Å². The molecule has 12 heteroatoms. The summed E-state index contributed by atoms with van der Waals surface area (Å²) in [5, 5.41) is 9.19. The molecule has 1 unspecified atom stereocenters. The number of anilines is 1.